The number of rotatable bonds is 5. The van der Waals surface area contributed by atoms with Crippen molar-refractivity contribution in [3.63, 3.8) is 0 Å². The molecule has 1 aliphatic carbocycles. The third kappa shape index (κ3) is 3.89. The second-order valence-electron chi connectivity index (χ2n) is 10.6. The van der Waals surface area contributed by atoms with E-state index in [9.17, 15) is 5.11 Å². The quantitative estimate of drug-likeness (QED) is 0.359. The van der Waals surface area contributed by atoms with Crippen LogP contribution in [-0.4, -0.2) is 49.5 Å². The lowest BCUT2D eigenvalue weighted by molar-refractivity contribution is -0.182. The summed E-state index contributed by atoms with van der Waals surface area (Å²) in [5.41, 5.74) is 1.28. The lowest BCUT2D eigenvalue weighted by Crippen LogP contribution is -2.66. The first-order chi connectivity index (χ1) is 15.8. The van der Waals surface area contributed by atoms with E-state index in [4.69, 9.17) is 13.9 Å². The van der Waals surface area contributed by atoms with Gasteiger partial charge in [0, 0.05) is 5.92 Å². The average molecular weight is 530 g/mol. The van der Waals surface area contributed by atoms with Crippen molar-refractivity contribution in [2.45, 2.75) is 61.5 Å². The predicted molar refractivity (Wildman–Crippen MR) is 137 cm³/mol. The number of aliphatic hydroxyl groups excluding tert-OH is 1. The van der Waals surface area contributed by atoms with Crippen molar-refractivity contribution in [3.8, 4) is 0 Å². The summed E-state index contributed by atoms with van der Waals surface area (Å²) in [6.07, 6.45) is 2.66. The summed E-state index contributed by atoms with van der Waals surface area (Å²) in [5, 5.41) is 13.4. The Morgan fingerprint density at radius 3 is 2.24 bits per heavy atom. The van der Waals surface area contributed by atoms with Crippen LogP contribution in [0.4, 0.5) is 0 Å². The Kier molecular flexibility index (Phi) is 6.21. The third-order valence-electron chi connectivity index (χ3n) is 7.62. The van der Waals surface area contributed by atoms with Gasteiger partial charge >= 0.3 is 0 Å². The van der Waals surface area contributed by atoms with E-state index >= 15 is 0 Å². The van der Waals surface area contributed by atoms with Crippen LogP contribution < -0.4 is 10.4 Å². The van der Waals surface area contributed by atoms with Gasteiger partial charge in [-0.15, -0.1) is 0 Å². The van der Waals surface area contributed by atoms with Crippen molar-refractivity contribution in [2.75, 3.05) is 13.2 Å². The molecule has 0 unspecified atom stereocenters. The van der Waals surface area contributed by atoms with Gasteiger partial charge in [-0.3, -0.25) is 0 Å². The topological polar surface area (TPSA) is 47.9 Å². The number of alkyl halides is 1. The molecule has 0 amide bonds. The van der Waals surface area contributed by atoms with Gasteiger partial charge in [0.1, 0.15) is 6.10 Å². The third-order valence-corrected chi connectivity index (χ3v) is 14.0. The second-order valence-corrected chi connectivity index (χ2v) is 16.4. The summed E-state index contributed by atoms with van der Waals surface area (Å²) in [4.78, 5) is 0. The predicted octanol–water partition coefficient (Wildman–Crippen LogP) is 4.15. The normalized spacial score (nSPS) is 31.7. The molecule has 2 fully saturated rings. The summed E-state index contributed by atoms with van der Waals surface area (Å²) in [6, 6.07) is 21.5. The van der Waals surface area contributed by atoms with Crippen molar-refractivity contribution in [1.29, 1.82) is 0 Å². The molecule has 2 aromatic rings. The molecule has 6 heteroatoms. The number of benzene rings is 2. The van der Waals surface area contributed by atoms with E-state index in [1.54, 1.807) is 0 Å². The van der Waals surface area contributed by atoms with Gasteiger partial charge < -0.3 is 19.0 Å². The van der Waals surface area contributed by atoms with Crippen molar-refractivity contribution in [3.05, 3.63) is 72.3 Å². The van der Waals surface area contributed by atoms with Gasteiger partial charge in [0.25, 0.3) is 8.32 Å². The molecule has 5 atom stereocenters. The molecule has 1 N–H and O–H groups in total. The molecule has 176 valence electrons. The molecule has 2 saturated heterocycles. The maximum atomic E-state index is 10.8. The molecule has 2 aliphatic heterocycles. The van der Waals surface area contributed by atoms with E-state index in [0.717, 1.165) is 12.8 Å². The Labute approximate surface area is 206 Å². The Morgan fingerprint density at radius 2 is 1.67 bits per heavy atom. The Hall–Kier alpha value is -1.28. The minimum atomic E-state index is -2.58. The van der Waals surface area contributed by atoms with E-state index in [1.165, 1.54) is 15.9 Å². The average Bonchev–Trinajstić information content (AvgIpc) is 3.26. The molecular weight excluding hydrogens is 496 g/mol. The Balaban J connectivity index is 1.47. The van der Waals surface area contributed by atoms with Gasteiger partial charge in [0.05, 0.1) is 23.6 Å². The van der Waals surface area contributed by atoms with Crippen molar-refractivity contribution in [2.24, 2.45) is 5.92 Å². The van der Waals surface area contributed by atoms with E-state index in [0.29, 0.717) is 13.2 Å². The fraction of sp³-hybridized carbons (Fsp3) is 0.481. The number of hydrogen-bond acceptors (Lipinski definition) is 4. The van der Waals surface area contributed by atoms with Crippen LogP contribution in [0, 0.1) is 5.92 Å². The minimum absolute atomic E-state index is 0.00865. The van der Waals surface area contributed by atoms with Crippen LogP contribution in [0.25, 0.3) is 0 Å². The van der Waals surface area contributed by atoms with Crippen molar-refractivity contribution >= 4 is 34.6 Å². The molecule has 33 heavy (non-hydrogen) atoms. The van der Waals surface area contributed by atoms with Crippen LogP contribution in [0.5, 0.6) is 0 Å². The second kappa shape index (κ2) is 8.74. The zero-order chi connectivity index (χ0) is 23.3. The highest BCUT2D eigenvalue weighted by atomic mass is 79.9. The maximum absolute atomic E-state index is 10.8. The molecule has 4 nitrogen and oxygen atoms in total. The summed E-state index contributed by atoms with van der Waals surface area (Å²) in [5.74, 6) is 0.161. The summed E-state index contributed by atoms with van der Waals surface area (Å²) < 4.78 is 18.4. The fourth-order valence-corrected chi connectivity index (χ4v) is 11.3. The fourth-order valence-electron chi connectivity index (χ4n) is 5.89. The van der Waals surface area contributed by atoms with Crippen LogP contribution in [0.1, 0.15) is 33.6 Å². The summed E-state index contributed by atoms with van der Waals surface area (Å²) >= 11 is 3.90. The first kappa shape index (κ1) is 23.5. The lowest BCUT2D eigenvalue weighted by Gasteiger charge is -2.48. The van der Waals surface area contributed by atoms with E-state index in [-0.39, 0.29) is 17.1 Å². The molecule has 0 spiro atoms. The van der Waals surface area contributed by atoms with Crippen molar-refractivity contribution in [1.82, 2.24) is 0 Å². The summed E-state index contributed by atoms with van der Waals surface area (Å²) in [6.45, 7) is 8.04. The number of allylic oxidation sites excluding steroid dienone is 1. The zero-order valence-electron chi connectivity index (χ0n) is 19.5. The van der Waals surface area contributed by atoms with Crippen LogP contribution in [0.15, 0.2) is 72.3 Å². The highest BCUT2D eigenvalue weighted by Gasteiger charge is 2.59. The van der Waals surface area contributed by atoms with Crippen molar-refractivity contribution < 1.29 is 19.0 Å². The number of fused-ring (bicyclic) bond motifs is 4. The molecule has 0 aromatic heterocycles. The molecule has 0 saturated carbocycles. The molecule has 0 radical (unpaired) electrons. The highest BCUT2D eigenvalue weighted by Crippen LogP contribution is 2.52. The number of ether oxygens (including phenoxy) is 2. The number of halogens is 1. The highest BCUT2D eigenvalue weighted by molar-refractivity contribution is 9.10. The van der Waals surface area contributed by atoms with Crippen LogP contribution in [0.3, 0.4) is 0 Å². The molecule has 2 heterocycles. The smallest absolute Gasteiger partial charge is 0.261 e. The summed E-state index contributed by atoms with van der Waals surface area (Å²) in [7, 11) is -2.58. The van der Waals surface area contributed by atoms with E-state index < -0.39 is 25.0 Å². The van der Waals surface area contributed by atoms with Gasteiger partial charge in [-0.2, -0.15) is 0 Å². The van der Waals surface area contributed by atoms with Gasteiger partial charge in [-0.1, -0.05) is 103 Å². The van der Waals surface area contributed by atoms with E-state index in [1.807, 2.05) is 0 Å². The molecule has 2 aromatic carbocycles. The number of hydrogen-bond donors (Lipinski definition) is 1. The Bertz CT molecular complexity index is 966. The van der Waals surface area contributed by atoms with Gasteiger partial charge in [0.2, 0.25) is 0 Å². The molecule has 5 rings (SSSR count). The SMILES string of the molecule is CC(C)(C)[Si](OCC1=CC[C@@]2(Br)[C@H](O)[C@@H]3OC[C@@H](O3)[C@H]2C1)(c1ccccc1)c1ccccc1. The molecule has 3 aliphatic rings. The van der Waals surface area contributed by atoms with Crippen LogP contribution in [-0.2, 0) is 13.9 Å². The van der Waals surface area contributed by atoms with Crippen LogP contribution in [0.2, 0.25) is 5.04 Å². The monoisotopic (exact) mass is 528 g/mol. The van der Waals surface area contributed by atoms with Gasteiger partial charge in [-0.25, -0.2) is 0 Å². The zero-order valence-corrected chi connectivity index (χ0v) is 22.1. The first-order valence-corrected chi connectivity index (χ1v) is 14.5. The number of aliphatic hydroxyl groups is 1. The minimum Gasteiger partial charge on any atom is -0.403 e. The van der Waals surface area contributed by atoms with E-state index in [2.05, 4.69) is 103 Å². The van der Waals surface area contributed by atoms with Gasteiger partial charge in [-0.05, 0) is 33.8 Å². The Morgan fingerprint density at radius 1 is 1.06 bits per heavy atom. The lowest BCUT2D eigenvalue weighted by atomic mass is 9.72. The first-order valence-electron chi connectivity index (χ1n) is 11.8. The maximum Gasteiger partial charge on any atom is 0.261 e. The molecular formula is C27H33BrO4Si. The molecule has 2 bridgehead atoms. The largest absolute Gasteiger partial charge is 0.403 e. The van der Waals surface area contributed by atoms with Crippen LogP contribution >= 0.6 is 15.9 Å². The standard InChI is InChI=1S/C27H33BrO4Si/c1-26(2,3)33(20-10-6-4-7-11-20,21-12-8-5-9-13-21)31-17-19-14-15-27(28)22(16-19)23-18-30-25(32-23)24(27)29/h4-14,22-25,29H,15-18H2,1-3H3/t22-,23-,24-,25-,27+/m1/s1. The van der Waals surface area contributed by atoms with Gasteiger partial charge in [0.15, 0.2) is 6.29 Å².